The van der Waals surface area contributed by atoms with Crippen LogP contribution in [0.25, 0.3) is 0 Å². The van der Waals surface area contributed by atoms with Gasteiger partial charge in [-0.2, -0.15) is 0 Å². The van der Waals surface area contributed by atoms with Crippen LogP contribution in [0, 0.1) is 0 Å². The van der Waals surface area contributed by atoms with E-state index >= 15 is 0 Å². The van der Waals surface area contributed by atoms with Gasteiger partial charge in [-0.25, -0.2) is 0 Å². The van der Waals surface area contributed by atoms with Gasteiger partial charge in [0.2, 0.25) is 0 Å². The Bertz CT molecular complexity index is 830. The number of aryl methyl sites for hydroxylation is 1. The number of likely N-dealkylation sites (N-methyl/N-ethyl adjacent to an activating group) is 1. The van der Waals surface area contributed by atoms with Gasteiger partial charge >= 0.3 is 0 Å². The highest BCUT2D eigenvalue weighted by molar-refractivity contribution is 5.94. The lowest BCUT2D eigenvalue weighted by Gasteiger charge is -2.26. The highest BCUT2D eigenvalue weighted by Crippen LogP contribution is 2.18. The summed E-state index contributed by atoms with van der Waals surface area (Å²) in [7, 11) is 7.61. The summed E-state index contributed by atoms with van der Waals surface area (Å²) in [5.41, 5.74) is 4.43. The average molecular weight is 410 g/mol. The number of aliphatic imine (C=N–C) groups is 1. The van der Waals surface area contributed by atoms with Gasteiger partial charge in [-0.05, 0) is 55.8 Å². The number of amides is 1. The Balaban J connectivity index is 1.89. The molecule has 0 fully saturated rings. The van der Waals surface area contributed by atoms with Crippen molar-refractivity contribution in [2.24, 2.45) is 4.99 Å². The summed E-state index contributed by atoms with van der Waals surface area (Å²) in [6.45, 7) is 3.66. The van der Waals surface area contributed by atoms with Gasteiger partial charge in [-0.1, -0.05) is 43.3 Å². The predicted molar refractivity (Wildman–Crippen MR) is 125 cm³/mol. The molecule has 0 aliphatic heterocycles. The van der Waals surface area contributed by atoms with Gasteiger partial charge in [-0.3, -0.25) is 9.79 Å². The van der Waals surface area contributed by atoms with Crippen molar-refractivity contribution in [1.29, 1.82) is 0 Å². The highest BCUT2D eigenvalue weighted by atomic mass is 16.1. The molecule has 6 nitrogen and oxygen atoms in total. The summed E-state index contributed by atoms with van der Waals surface area (Å²) in [5.74, 6) is 0.707. The number of guanidine groups is 1. The molecule has 1 amide bonds. The maximum atomic E-state index is 11.8. The molecule has 2 rings (SSSR count). The lowest BCUT2D eigenvalue weighted by Crippen LogP contribution is -2.42. The van der Waals surface area contributed by atoms with E-state index in [1.54, 1.807) is 14.1 Å². The van der Waals surface area contributed by atoms with E-state index in [2.05, 4.69) is 71.1 Å². The molecule has 1 unspecified atom stereocenters. The zero-order valence-corrected chi connectivity index (χ0v) is 18.8. The number of carbonyl (C=O) groups is 1. The summed E-state index contributed by atoms with van der Waals surface area (Å²) in [6, 6.07) is 16.8. The number of nitrogens with zero attached hydrogens (tertiary/aromatic N) is 2. The van der Waals surface area contributed by atoms with E-state index in [1.165, 1.54) is 11.1 Å². The van der Waals surface area contributed by atoms with Gasteiger partial charge < -0.3 is 20.9 Å². The van der Waals surface area contributed by atoms with E-state index in [0.717, 1.165) is 37.5 Å². The minimum absolute atomic E-state index is 0.0658. The molecule has 162 valence electrons. The van der Waals surface area contributed by atoms with Gasteiger partial charge in [0.1, 0.15) is 0 Å². The third-order valence-electron chi connectivity index (χ3n) is 5.20. The molecule has 0 saturated carbocycles. The van der Waals surface area contributed by atoms with Gasteiger partial charge in [0.05, 0.1) is 6.04 Å². The van der Waals surface area contributed by atoms with Crippen molar-refractivity contribution in [2.45, 2.75) is 25.8 Å². The number of rotatable bonds is 9. The first-order valence-electron chi connectivity index (χ1n) is 10.5. The van der Waals surface area contributed by atoms with Crippen molar-refractivity contribution >= 4 is 11.9 Å². The summed E-state index contributed by atoms with van der Waals surface area (Å²) >= 11 is 0. The third-order valence-corrected chi connectivity index (χ3v) is 5.20. The van der Waals surface area contributed by atoms with E-state index in [0.29, 0.717) is 5.56 Å². The molecule has 2 aromatic carbocycles. The number of benzene rings is 2. The van der Waals surface area contributed by atoms with Crippen LogP contribution in [0.2, 0.25) is 0 Å². The number of hydrogen-bond acceptors (Lipinski definition) is 3. The Labute approximate surface area is 180 Å². The number of hydrogen-bond donors (Lipinski definition) is 3. The van der Waals surface area contributed by atoms with Crippen molar-refractivity contribution < 1.29 is 4.79 Å². The van der Waals surface area contributed by atoms with Gasteiger partial charge in [0, 0.05) is 32.7 Å². The molecular weight excluding hydrogens is 374 g/mol. The molecule has 0 aliphatic rings. The minimum atomic E-state index is -0.0658. The maximum Gasteiger partial charge on any atom is 0.251 e. The van der Waals surface area contributed by atoms with Crippen molar-refractivity contribution in [3.05, 3.63) is 70.8 Å². The topological polar surface area (TPSA) is 68.8 Å². The van der Waals surface area contributed by atoms with Crippen LogP contribution in [0.3, 0.4) is 0 Å². The molecule has 0 aliphatic carbocycles. The van der Waals surface area contributed by atoms with Crippen molar-refractivity contribution in [1.82, 2.24) is 20.9 Å². The maximum absolute atomic E-state index is 11.8. The molecule has 1 atom stereocenters. The molecule has 0 bridgehead atoms. The van der Waals surface area contributed by atoms with Crippen LogP contribution in [-0.4, -0.2) is 58.0 Å². The summed E-state index contributed by atoms with van der Waals surface area (Å²) in [4.78, 5) is 18.3. The van der Waals surface area contributed by atoms with E-state index in [9.17, 15) is 4.79 Å². The largest absolute Gasteiger partial charge is 0.356 e. The quantitative estimate of drug-likeness (QED) is 0.440. The number of nitrogens with one attached hydrogen (secondary N) is 3. The molecule has 0 saturated heterocycles. The summed E-state index contributed by atoms with van der Waals surface area (Å²) in [6.07, 6.45) is 1.86. The standard InChI is InChI=1S/C24H35N5O/c1-6-18-10-12-20(13-11-18)22(29(4)5)17-28-24(26-3)27-15-14-19-8-7-9-21(16-19)23(30)25-2/h7-13,16,22H,6,14-15,17H2,1-5H3,(H,25,30)(H2,26,27,28). The Kier molecular flexibility index (Phi) is 9.35. The lowest BCUT2D eigenvalue weighted by molar-refractivity contribution is 0.0963. The summed E-state index contributed by atoms with van der Waals surface area (Å²) in [5, 5.41) is 9.46. The number of carbonyl (C=O) groups excluding carboxylic acids is 1. The molecule has 30 heavy (non-hydrogen) atoms. The van der Waals surface area contributed by atoms with Crippen molar-refractivity contribution in [3.8, 4) is 0 Å². The van der Waals surface area contributed by atoms with Crippen LogP contribution in [0.4, 0.5) is 0 Å². The van der Waals surface area contributed by atoms with Gasteiger partial charge in [-0.15, -0.1) is 0 Å². The fourth-order valence-corrected chi connectivity index (χ4v) is 3.33. The second kappa shape index (κ2) is 12.0. The Morgan fingerprint density at radius 3 is 2.40 bits per heavy atom. The predicted octanol–water partition coefficient (Wildman–Crippen LogP) is 2.62. The molecule has 3 N–H and O–H groups in total. The van der Waals surface area contributed by atoms with Crippen LogP contribution in [0.1, 0.15) is 40.0 Å². The summed E-state index contributed by atoms with van der Waals surface area (Å²) < 4.78 is 0. The van der Waals surface area contributed by atoms with Crippen LogP contribution in [0.15, 0.2) is 53.5 Å². The van der Waals surface area contributed by atoms with E-state index < -0.39 is 0 Å². The molecule has 2 aromatic rings. The van der Waals surface area contributed by atoms with Crippen LogP contribution >= 0.6 is 0 Å². The second-order valence-corrected chi connectivity index (χ2v) is 7.48. The fourth-order valence-electron chi connectivity index (χ4n) is 3.33. The van der Waals surface area contributed by atoms with Crippen molar-refractivity contribution in [3.63, 3.8) is 0 Å². The molecule has 6 heteroatoms. The normalized spacial score (nSPS) is 12.5. The first-order valence-corrected chi connectivity index (χ1v) is 10.5. The van der Waals surface area contributed by atoms with Crippen LogP contribution < -0.4 is 16.0 Å². The zero-order chi connectivity index (χ0) is 21.9. The average Bonchev–Trinajstić information content (AvgIpc) is 2.77. The third kappa shape index (κ3) is 6.88. The van der Waals surface area contributed by atoms with Crippen LogP contribution in [-0.2, 0) is 12.8 Å². The molecule has 0 spiro atoms. The second-order valence-electron chi connectivity index (χ2n) is 7.48. The smallest absolute Gasteiger partial charge is 0.251 e. The van der Waals surface area contributed by atoms with Crippen molar-refractivity contribution in [2.75, 3.05) is 41.3 Å². The minimum Gasteiger partial charge on any atom is -0.356 e. The molecular formula is C24H35N5O. The molecule has 0 aromatic heterocycles. The Hall–Kier alpha value is -2.86. The van der Waals surface area contributed by atoms with E-state index in [-0.39, 0.29) is 11.9 Å². The van der Waals surface area contributed by atoms with Gasteiger partial charge in [0.25, 0.3) is 5.91 Å². The van der Waals surface area contributed by atoms with Crippen LogP contribution in [0.5, 0.6) is 0 Å². The SMILES string of the molecule is CCc1ccc(C(CNC(=NC)NCCc2cccc(C(=O)NC)c2)N(C)C)cc1. The Morgan fingerprint density at radius 2 is 1.80 bits per heavy atom. The zero-order valence-electron chi connectivity index (χ0n) is 18.8. The lowest BCUT2D eigenvalue weighted by atomic mass is 10.0. The Morgan fingerprint density at radius 1 is 1.07 bits per heavy atom. The molecule has 0 heterocycles. The fraction of sp³-hybridized carbons (Fsp3) is 0.417. The van der Waals surface area contributed by atoms with Gasteiger partial charge in [0.15, 0.2) is 5.96 Å². The first kappa shape index (κ1) is 23.4. The monoisotopic (exact) mass is 409 g/mol. The highest BCUT2D eigenvalue weighted by Gasteiger charge is 2.14. The van der Waals surface area contributed by atoms with E-state index in [1.807, 2.05) is 24.3 Å². The van der Waals surface area contributed by atoms with E-state index in [4.69, 9.17) is 0 Å². The molecule has 0 radical (unpaired) electrons. The first-order chi connectivity index (χ1) is 14.5.